The molecule has 2 aliphatic rings. The highest BCUT2D eigenvalue weighted by Gasteiger charge is 2.47. The van der Waals surface area contributed by atoms with Gasteiger partial charge in [-0.1, -0.05) is 33.8 Å². The number of nitrogens with zero attached hydrogens (tertiary/aromatic N) is 2. The summed E-state index contributed by atoms with van der Waals surface area (Å²) in [6, 6.07) is 16.1. The molecule has 1 amide bonds. The highest BCUT2D eigenvalue weighted by Crippen LogP contribution is 2.50. The molecule has 7 heteroatoms. The van der Waals surface area contributed by atoms with E-state index in [1.807, 2.05) is 47.4 Å². The van der Waals surface area contributed by atoms with Crippen LogP contribution in [0.4, 0.5) is 11.4 Å². The Labute approximate surface area is 223 Å². The van der Waals surface area contributed by atoms with E-state index < -0.39 is 8.32 Å². The fourth-order valence-corrected chi connectivity index (χ4v) is 6.19. The second-order valence-electron chi connectivity index (χ2n) is 12.1. The number of anilines is 2. The van der Waals surface area contributed by atoms with Crippen LogP contribution < -0.4 is 15.0 Å². The van der Waals surface area contributed by atoms with E-state index in [1.165, 1.54) is 0 Å². The van der Waals surface area contributed by atoms with Gasteiger partial charge in [0.15, 0.2) is 8.32 Å². The van der Waals surface area contributed by atoms with Crippen molar-refractivity contribution in [3.8, 4) is 11.8 Å². The maximum atomic E-state index is 12.8. The lowest BCUT2D eigenvalue weighted by molar-refractivity contribution is -0.117. The number of fused-ring (bicyclic) bond motifs is 1. The van der Waals surface area contributed by atoms with Crippen LogP contribution in [0.1, 0.15) is 64.6 Å². The molecule has 1 aliphatic carbocycles. The summed E-state index contributed by atoms with van der Waals surface area (Å²) in [6.45, 7) is 16.2. The molecule has 1 heterocycles. The normalized spacial score (nSPS) is 21.7. The lowest BCUT2D eigenvalue weighted by Gasteiger charge is -2.46. The van der Waals surface area contributed by atoms with Crippen LogP contribution in [0.15, 0.2) is 42.5 Å². The van der Waals surface area contributed by atoms with Crippen LogP contribution in [0.25, 0.3) is 0 Å². The number of hydrogen-bond donors (Lipinski definition) is 1. The molecule has 198 valence electrons. The van der Waals surface area contributed by atoms with Gasteiger partial charge in [0.25, 0.3) is 0 Å². The van der Waals surface area contributed by atoms with Gasteiger partial charge in [-0.2, -0.15) is 5.26 Å². The van der Waals surface area contributed by atoms with Crippen LogP contribution in [-0.4, -0.2) is 33.5 Å². The fourth-order valence-electron chi connectivity index (χ4n) is 5.16. The highest BCUT2D eigenvalue weighted by atomic mass is 28.4. The Balaban J connectivity index is 1.53. The minimum atomic E-state index is -1.80. The molecule has 0 radical (unpaired) electrons. The monoisotopic (exact) mass is 519 g/mol. The molecule has 2 aromatic rings. The zero-order chi connectivity index (χ0) is 27.0. The van der Waals surface area contributed by atoms with Crippen LogP contribution in [0.5, 0.6) is 5.75 Å². The van der Waals surface area contributed by atoms with E-state index in [4.69, 9.17) is 9.16 Å². The number of carbonyl (C=O) groups excluding carboxylic acids is 1. The molecule has 0 bridgehead atoms. The van der Waals surface area contributed by atoms with Crippen LogP contribution in [0.3, 0.4) is 0 Å². The number of ether oxygens (including phenoxy) is 1. The molecule has 4 rings (SSSR count). The molecule has 1 saturated carbocycles. The minimum Gasteiger partial charge on any atom is -0.491 e. The van der Waals surface area contributed by atoms with E-state index in [2.05, 4.69) is 52.2 Å². The molecule has 2 aromatic carbocycles. The third kappa shape index (κ3) is 5.86. The van der Waals surface area contributed by atoms with Crippen molar-refractivity contribution in [2.75, 3.05) is 23.4 Å². The zero-order valence-electron chi connectivity index (χ0n) is 23.3. The predicted molar refractivity (Wildman–Crippen MR) is 151 cm³/mol. The summed E-state index contributed by atoms with van der Waals surface area (Å²) in [5.74, 6) is 1.55. The zero-order valence-corrected chi connectivity index (χ0v) is 24.3. The van der Waals surface area contributed by atoms with Gasteiger partial charge in [0.05, 0.1) is 24.3 Å². The molecule has 1 fully saturated rings. The van der Waals surface area contributed by atoms with Gasteiger partial charge in [0.1, 0.15) is 12.4 Å². The van der Waals surface area contributed by atoms with E-state index in [0.29, 0.717) is 24.7 Å². The number of nitrogens with one attached hydrogen (secondary N) is 1. The smallest absolute Gasteiger partial charge is 0.224 e. The summed E-state index contributed by atoms with van der Waals surface area (Å²) in [7, 11) is -1.80. The summed E-state index contributed by atoms with van der Waals surface area (Å²) >= 11 is 0. The second-order valence-corrected chi connectivity index (χ2v) is 16.9. The van der Waals surface area contributed by atoms with Crippen LogP contribution in [0.2, 0.25) is 18.1 Å². The van der Waals surface area contributed by atoms with Gasteiger partial charge < -0.3 is 19.4 Å². The number of amides is 1. The van der Waals surface area contributed by atoms with Crippen LogP contribution >= 0.6 is 0 Å². The molecule has 0 saturated heterocycles. The molecule has 1 N–H and O–H groups in total. The first-order valence-electron chi connectivity index (χ1n) is 13.4. The Morgan fingerprint density at radius 3 is 2.51 bits per heavy atom. The molecule has 0 spiro atoms. The van der Waals surface area contributed by atoms with Gasteiger partial charge in [-0.05, 0) is 72.8 Å². The number of carbonyl (C=O) groups is 1. The molecule has 0 unspecified atom stereocenters. The first-order valence-corrected chi connectivity index (χ1v) is 16.3. The average Bonchev–Trinajstić information content (AvgIpc) is 3.67. The van der Waals surface area contributed by atoms with Gasteiger partial charge in [-0.15, -0.1) is 0 Å². The minimum absolute atomic E-state index is 0.0262. The number of rotatable bonds is 8. The molecular formula is C30H41N3O3Si. The van der Waals surface area contributed by atoms with Crippen molar-refractivity contribution >= 4 is 25.6 Å². The lowest BCUT2D eigenvalue weighted by atomic mass is 9.79. The summed E-state index contributed by atoms with van der Waals surface area (Å²) in [4.78, 5) is 14.7. The quantitative estimate of drug-likeness (QED) is 0.303. The van der Waals surface area contributed by atoms with Crippen LogP contribution in [0, 0.1) is 23.2 Å². The topological polar surface area (TPSA) is 74.6 Å². The first kappa shape index (κ1) is 27.2. The Kier molecular flexibility index (Phi) is 7.73. The third-order valence-electron chi connectivity index (χ3n) is 8.34. The van der Waals surface area contributed by atoms with Gasteiger partial charge in [0.2, 0.25) is 5.91 Å². The Morgan fingerprint density at radius 2 is 1.89 bits per heavy atom. The summed E-state index contributed by atoms with van der Waals surface area (Å²) in [6.07, 6.45) is 2.30. The molecule has 1 aliphatic heterocycles. The Morgan fingerprint density at radius 1 is 1.16 bits per heavy atom. The van der Waals surface area contributed by atoms with Crippen molar-refractivity contribution < 1.29 is 14.0 Å². The molecule has 37 heavy (non-hydrogen) atoms. The third-order valence-corrected chi connectivity index (χ3v) is 12.9. The van der Waals surface area contributed by atoms with Gasteiger partial charge in [0, 0.05) is 36.3 Å². The standard InChI is InChI=1S/C30H41N3O3Si/c1-20-28(26-17-22(19-31)11-14-27(26)33(21(2)34)29(20)23-12-13-23)32-24-9-8-10-25(18-24)35-15-16-36-37(6,7)30(3,4)5/h8-11,14,17-18,20,23,28-29,32H,12-13,15-16H2,1-7H3/t20-,28-,29-/m1/s1. The largest absolute Gasteiger partial charge is 0.491 e. The van der Waals surface area contributed by atoms with Crippen molar-refractivity contribution in [2.24, 2.45) is 11.8 Å². The Hall–Kier alpha value is -2.82. The Bertz CT molecular complexity index is 1180. The van der Waals surface area contributed by atoms with E-state index in [-0.39, 0.29) is 28.9 Å². The predicted octanol–water partition coefficient (Wildman–Crippen LogP) is 6.89. The van der Waals surface area contributed by atoms with Crippen molar-refractivity contribution in [3.05, 3.63) is 53.6 Å². The van der Waals surface area contributed by atoms with Crippen molar-refractivity contribution in [3.63, 3.8) is 0 Å². The van der Waals surface area contributed by atoms with Crippen molar-refractivity contribution in [1.82, 2.24) is 0 Å². The van der Waals surface area contributed by atoms with Crippen molar-refractivity contribution in [2.45, 2.75) is 77.7 Å². The molecule has 6 nitrogen and oxygen atoms in total. The van der Waals surface area contributed by atoms with Crippen molar-refractivity contribution in [1.29, 1.82) is 5.26 Å². The summed E-state index contributed by atoms with van der Waals surface area (Å²) in [5, 5.41) is 13.5. The maximum Gasteiger partial charge on any atom is 0.224 e. The first-order chi connectivity index (χ1) is 17.4. The van der Waals surface area contributed by atoms with E-state index in [9.17, 15) is 10.1 Å². The lowest BCUT2D eigenvalue weighted by Crippen LogP contribution is -2.51. The average molecular weight is 520 g/mol. The van der Waals surface area contributed by atoms with E-state index >= 15 is 0 Å². The summed E-state index contributed by atoms with van der Waals surface area (Å²) < 4.78 is 12.3. The van der Waals surface area contributed by atoms with Gasteiger partial charge in [-0.25, -0.2) is 0 Å². The maximum absolute atomic E-state index is 12.8. The molecule has 3 atom stereocenters. The SMILES string of the molecule is CC(=O)N1c2ccc(C#N)cc2[C@H](Nc2cccc(OCCO[Si](C)(C)C(C)(C)C)c2)[C@@H](C)[C@@H]1C1CC1. The van der Waals surface area contributed by atoms with Crippen LogP contribution in [-0.2, 0) is 9.22 Å². The number of benzene rings is 2. The fraction of sp³-hybridized carbons (Fsp3) is 0.533. The summed E-state index contributed by atoms with van der Waals surface area (Å²) in [5.41, 5.74) is 3.46. The van der Waals surface area contributed by atoms with Gasteiger partial charge >= 0.3 is 0 Å². The number of nitriles is 1. The van der Waals surface area contributed by atoms with E-state index in [0.717, 1.165) is 35.5 Å². The molecule has 0 aromatic heterocycles. The highest BCUT2D eigenvalue weighted by molar-refractivity contribution is 6.74. The van der Waals surface area contributed by atoms with E-state index in [1.54, 1.807) is 6.92 Å². The van der Waals surface area contributed by atoms with Gasteiger partial charge in [-0.3, -0.25) is 4.79 Å². The second kappa shape index (κ2) is 10.5. The molecular weight excluding hydrogens is 478 g/mol. The number of hydrogen-bond acceptors (Lipinski definition) is 5.